The van der Waals surface area contributed by atoms with Crippen LogP contribution in [0.4, 0.5) is 0 Å². The Hall–Kier alpha value is -0.530. The minimum absolute atomic E-state index is 0.371. The monoisotopic (exact) mass is 209 g/mol. The van der Waals surface area contributed by atoms with Crippen LogP contribution in [-0.4, -0.2) is 23.9 Å². The maximum absolute atomic E-state index is 12.1. The molecule has 15 heavy (non-hydrogen) atoms. The van der Waals surface area contributed by atoms with Crippen molar-refractivity contribution in [1.82, 2.24) is 4.90 Å². The fourth-order valence-corrected chi connectivity index (χ4v) is 2.66. The normalized spacial score (nSPS) is 35.7. The first-order chi connectivity index (χ1) is 7.09. The standard InChI is InChI=1S/C13H23NO/c1-9(2)11-5-4-6-14(8-11)13(15)12-7-10(12)3/h9-12H,4-8H2,1-3H3/t10?,11-,12?/m1/s1. The summed E-state index contributed by atoms with van der Waals surface area (Å²) in [5, 5.41) is 0. The molecule has 1 heterocycles. The van der Waals surface area contributed by atoms with Gasteiger partial charge in [0.05, 0.1) is 0 Å². The molecule has 2 aliphatic rings. The van der Waals surface area contributed by atoms with Gasteiger partial charge in [0.25, 0.3) is 0 Å². The molecule has 0 radical (unpaired) electrons. The smallest absolute Gasteiger partial charge is 0.225 e. The van der Waals surface area contributed by atoms with Crippen LogP contribution in [0.25, 0.3) is 0 Å². The maximum Gasteiger partial charge on any atom is 0.225 e. The lowest BCUT2D eigenvalue weighted by Gasteiger charge is -2.35. The quantitative estimate of drug-likeness (QED) is 0.684. The van der Waals surface area contributed by atoms with Crippen LogP contribution in [0.3, 0.4) is 0 Å². The number of carbonyl (C=O) groups excluding carboxylic acids is 1. The van der Waals surface area contributed by atoms with Gasteiger partial charge in [-0.1, -0.05) is 20.8 Å². The Morgan fingerprint density at radius 1 is 1.40 bits per heavy atom. The van der Waals surface area contributed by atoms with Gasteiger partial charge in [-0.05, 0) is 37.0 Å². The fourth-order valence-electron chi connectivity index (χ4n) is 2.66. The highest BCUT2D eigenvalue weighted by molar-refractivity contribution is 5.81. The zero-order valence-corrected chi connectivity index (χ0v) is 10.2. The van der Waals surface area contributed by atoms with Crippen molar-refractivity contribution in [3.05, 3.63) is 0 Å². The summed E-state index contributed by atoms with van der Waals surface area (Å²) in [5.74, 6) is 2.91. The number of carbonyl (C=O) groups is 1. The molecule has 1 saturated heterocycles. The van der Waals surface area contributed by atoms with Crippen LogP contribution in [-0.2, 0) is 4.79 Å². The number of hydrogen-bond donors (Lipinski definition) is 0. The van der Waals surface area contributed by atoms with Crippen LogP contribution >= 0.6 is 0 Å². The van der Waals surface area contributed by atoms with Gasteiger partial charge in [0, 0.05) is 19.0 Å². The van der Waals surface area contributed by atoms with Crippen LogP contribution in [0.1, 0.15) is 40.0 Å². The fraction of sp³-hybridized carbons (Fsp3) is 0.923. The zero-order chi connectivity index (χ0) is 11.0. The Kier molecular flexibility index (Phi) is 3.03. The van der Waals surface area contributed by atoms with Crippen molar-refractivity contribution >= 4 is 5.91 Å². The third-order valence-corrected chi connectivity index (χ3v) is 4.14. The Morgan fingerprint density at radius 2 is 2.07 bits per heavy atom. The number of piperidine rings is 1. The van der Waals surface area contributed by atoms with E-state index in [0.29, 0.717) is 17.7 Å². The van der Waals surface area contributed by atoms with Gasteiger partial charge in [-0.3, -0.25) is 4.79 Å². The number of likely N-dealkylation sites (tertiary alicyclic amines) is 1. The van der Waals surface area contributed by atoms with Crippen molar-refractivity contribution in [3.8, 4) is 0 Å². The number of amides is 1. The van der Waals surface area contributed by atoms with E-state index >= 15 is 0 Å². The molecule has 0 aromatic rings. The van der Waals surface area contributed by atoms with Crippen molar-refractivity contribution in [2.24, 2.45) is 23.7 Å². The first-order valence-electron chi connectivity index (χ1n) is 6.38. The Bertz CT molecular complexity index is 249. The van der Waals surface area contributed by atoms with Crippen molar-refractivity contribution in [3.63, 3.8) is 0 Å². The highest BCUT2D eigenvalue weighted by Crippen LogP contribution is 2.40. The molecule has 0 bridgehead atoms. The zero-order valence-electron chi connectivity index (χ0n) is 10.2. The van der Waals surface area contributed by atoms with Gasteiger partial charge in [-0.2, -0.15) is 0 Å². The third kappa shape index (κ3) is 2.35. The minimum atomic E-state index is 0.371. The SMILES string of the molecule is CC1CC1C(=O)N1CCC[C@@H](C(C)C)C1. The van der Waals surface area contributed by atoms with Crippen LogP contribution in [0, 0.1) is 23.7 Å². The number of hydrogen-bond acceptors (Lipinski definition) is 1. The molecule has 0 aromatic carbocycles. The molecule has 1 aliphatic carbocycles. The highest BCUT2D eigenvalue weighted by atomic mass is 16.2. The van der Waals surface area contributed by atoms with Gasteiger partial charge in [-0.25, -0.2) is 0 Å². The third-order valence-electron chi connectivity index (χ3n) is 4.14. The average molecular weight is 209 g/mol. The lowest BCUT2D eigenvalue weighted by molar-refractivity contribution is -0.135. The van der Waals surface area contributed by atoms with E-state index in [0.717, 1.165) is 31.3 Å². The molecule has 1 saturated carbocycles. The molecule has 0 spiro atoms. The first-order valence-corrected chi connectivity index (χ1v) is 6.38. The van der Waals surface area contributed by atoms with Crippen LogP contribution in [0.2, 0.25) is 0 Å². The molecule has 1 amide bonds. The van der Waals surface area contributed by atoms with Crippen LogP contribution in [0.15, 0.2) is 0 Å². The van der Waals surface area contributed by atoms with E-state index in [1.54, 1.807) is 0 Å². The predicted octanol–water partition coefficient (Wildman–Crippen LogP) is 2.54. The number of rotatable bonds is 2. The summed E-state index contributed by atoms with van der Waals surface area (Å²) in [7, 11) is 0. The van der Waals surface area contributed by atoms with Crippen molar-refractivity contribution in [2.45, 2.75) is 40.0 Å². The van der Waals surface area contributed by atoms with E-state index in [9.17, 15) is 4.79 Å². The molecule has 0 N–H and O–H groups in total. The van der Waals surface area contributed by atoms with Crippen molar-refractivity contribution in [1.29, 1.82) is 0 Å². The molecule has 2 rings (SSSR count). The van der Waals surface area contributed by atoms with Gasteiger partial charge < -0.3 is 4.90 Å². The average Bonchev–Trinajstić information content (AvgIpc) is 2.94. The second-order valence-corrected chi connectivity index (χ2v) is 5.75. The summed E-state index contributed by atoms with van der Waals surface area (Å²) < 4.78 is 0. The second-order valence-electron chi connectivity index (χ2n) is 5.75. The Morgan fingerprint density at radius 3 is 2.60 bits per heavy atom. The molecule has 1 aliphatic heterocycles. The van der Waals surface area contributed by atoms with E-state index in [2.05, 4.69) is 25.7 Å². The lowest BCUT2D eigenvalue weighted by atomic mass is 9.88. The highest BCUT2D eigenvalue weighted by Gasteiger charge is 2.42. The van der Waals surface area contributed by atoms with E-state index in [1.807, 2.05) is 0 Å². The molecule has 0 aromatic heterocycles. The van der Waals surface area contributed by atoms with Crippen LogP contribution < -0.4 is 0 Å². The summed E-state index contributed by atoms with van der Waals surface area (Å²) in [6.45, 7) is 8.76. The van der Waals surface area contributed by atoms with Crippen molar-refractivity contribution in [2.75, 3.05) is 13.1 Å². The lowest BCUT2D eigenvalue weighted by Crippen LogP contribution is -2.42. The summed E-state index contributed by atoms with van der Waals surface area (Å²) >= 11 is 0. The van der Waals surface area contributed by atoms with E-state index < -0.39 is 0 Å². The minimum Gasteiger partial charge on any atom is -0.342 e. The van der Waals surface area contributed by atoms with Gasteiger partial charge in [0.15, 0.2) is 0 Å². The largest absolute Gasteiger partial charge is 0.342 e. The summed E-state index contributed by atoms with van der Waals surface area (Å²) in [5.41, 5.74) is 0. The van der Waals surface area contributed by atoms with Gasteiger partial charge in [-0.15, -0.1) is 0 Å². The van der Waals surface area contributed by atoms with E-state index in [1.165, 1.54) is 12.8 Å². The summed E-state index contributed by atoms with van der Waals surface area (Å²) in [6.07, 6.45) is 3.64. The Balaban J connectivity index is 1.89. The summed E-state index contributed by atoms with van der Waals surface area (Å²) in [6, 6.07) is 0. The maximum atomic E-state index is 12.1. The van der Waals surface area contributed by atoms with Crippen LogP contribution in [0.5, 0.6) is 0 Å². The van der Waals surface area contributed by atoms with Crippen molar-refractivity contribution < 1.29 is 4.79 Å². The van der Waals surface area contributed by atoms with E-state index in [-0.39, 0.29) is 0 Å². The predicted molar refractivity (Wildman–Crippen MR) is 61.4 cm³/mol. The first kappa shape index (κ1) is 11.0. The topological polar surface area (TPSA) is 20.3 Å². The second kappa shape index (κ2) is 4.15. The molecule has 86 valence electrons. The molecule has 2 fully saturated rings. The van der Waals surface area contributed by atoms with E-state index in [4.69, 9.17) is 0 Å². The Labute approximate surface area is 93.0 Å². The molecule has 3 atom stereocenters. The number of nitrogens with zero attached hydrogens (tertiary/aromatic N) is 1. The molecule has 2 unspecified atom stereocenters. The molecule has 2 heteroatoms. The van der Waals surface area contributed by atoms with Gasteiger partial charge in [0.1, 0.15) is 0 Å². The molecular formula is C13H23NO. The van der Waals surface area contributed by atoms with Gasteiger partial charge in [0.2, 0.25) is 5.91 Å². The summed E-state index contributed by atoms with van der Waals surface area (Å²) in [4.78, 5) is 14.2. The van der Waals surface area contributed by atoms with Gasteiger partial charge >= 0.3 is 0 Å². The molecule has 2 nitrogen and oxygen atoms in total. The molecular weight excluding hydrogens is 186 g/mol.